The molecule has 174 valence electrons. The van der Waals surface area contributed by atoms with Gasteiger partial charge in [0.1, 0.15) is 0 Å². The third-order valence-corrected chi connectivity index (χ3v) is 6.52. The first-order chi connectivity index (χ1) is 16.7. The summed E-state index contributed by atoms with van der Waals surface area (Å²) in [4.78, 5) is 29.5. The van der Waals surface area contributed by atoms with Crippen LogP contribution in [0.2, 0.25) is 0 Å². The number of fused-ring (bicyclic) bond motifs is 1. The highest BCUT2D eigenvalue weighted by molar-refractivity contribution is 6.04. The molecule has 0 aromatic heterocycles. The molecule has 0 atom stereocenters. The summed E-state index contributed by atoms with van der Waals surface area (Å²) in [6, 6.07) is 23.5. The van der Waals surface area contributed by atoms with Crippen molar-refractivity contribution < 1.29 is 14.3 Å². The highest BCUT2D eigenvalue weighted by atomic mass is 16.5. The van der Waals surface area contributed by atoms with E-state index in [-0.39, 0.29) is 11.8 Å². The molecule has 34 heavy (non-hydrogen) atoms. The number of amides is 2. The lowest BCUT2D eigenvalue weighted by molar-refractivity contribution is 0.0303. The zero-order valence-electron chi connectivity index (χ0n) is 19.2. The Morgan fingerprint density at radius 2 is 1.47 bits per heavy atom. The van der Waals surface area contributed by atoms with Gasteiger partial charge in [0.15, 0.2) is 0 Å². The molecule has 6 nitrogen and oxygen atoms in total. The van der Waals surface area contributed by atoms with E-state index < -0.39 is 0 Å². The molecule has 0 aliphatic carbocycles. The van der Waals surface area contributed by atoms with Gasteiger partial charge in [-0.15, -0.1) is 0 Å². The number of morpholine rings is 1. The van der Waals surface area contributed by atoms with Gasteiger partial charge in [0.25, 0.3) is 11.8 Å². The van der Waals surface area contributed by atoms with Crippen molar-refractivity contribution in [2.75, 3.05) is 38.2 Å². The summed E-state index contributed by atoms with van der Waals surface area (Å²) in [5, 5.41) is 2.92. The van der Waals surface area contributed by atoms with Crippen LogP contribution >= 0.6 is 0 Å². The van der Waals surface area contributed by atoms with Crippen molar-refractivity contribution >= 4 is 17.5 Å². The number of nitrogens with one attached hydrogen (secondary N) is 1. The Balaban J connectivity index is 1.16. The molecule has 0 bridgehead atoms. The summed E-state index contributed by atoms with van der Waals surface area (Å²) >= 11 is 0. The zero-order chi connectivity index (χ0) is 23.3. The van der Waals surface area contributed by atoms with E-state index in [1.807, 2.05) is 24.3 Å². The smallest absolute Gasteiger partial charge is 0.255 e. The van der Waals surface area contributed by atoms with Crippen LogP contribution in [0.5, 0.6) is 0 Å². The van der Waals surface area contributed by atoms with Gasteiger partial charge in [-0.05, 0) is 59.5 Å². The van der Waals surface area contributed by atoms with Crippen LogP contribution in [0.4, 0.5) is 5.69 Å². The molecule has 3 aromatic rings. The van der Waals surface area contributed by atoms with Crippen molar-refractivity contribution in [3.63, 3.8) is 0 Å². The van der Waals surface area contributed by atoms with E-state index >= 15 is 0 Å². The SMILES string of the molecule is O=C(Nc1ccc(C(=O)N2CCOCC2)cc1)c1ccc(CN2CCc3ccccc3C2)cc1. The predicted molar refractivity (Wildman–Crippen MR) is 132 cm³/mol. The second-order valence-electron chi connectivity index (χ2n) is 8.86. The Bertz CT molecular complexity index is 1150. The number of rotatable bonds is 5. The first kappa shape index (κ1) is 22.3. The van der Waals surface area contributed by atoms with Gasteiger partial charge in [-0.3, -0.25) is 14.5 Å². The minimum atomic E-state index is -0.161. The molecule has 2 aliphatic rings. The van der Waals surface area contributed by atoms with E-state index in [1.165, 1.54) is 16.7 Å². The average molecular weight is 456 g/mol. The van der Waals surface area contributed by atoms with Crippen LogP contribution in [0.3, 0.4) is 0 Å². The molecule has 2 heterocycles. The number of carbonyl (C=O) groups excluding carboxylic acids is 2. The van der Waals surface area contributed by atoms with Crippen LogP contribution in [0, 0.1) is 0 Å². The molecule has 2 aliphatic heterocycles. The summed E-state index contributed by atoms with van der Waals surface area (Å²) in [7, 11) is 0. The maximum atomic E-state index is 12.7. The van der Waals surface area contributed by atoms with Crippen LogP contribution in [0.1, 0.15) is 37.4 Å². The topological polar surface area (TPSA) is 61.9 Å². The lowest BCUT2D eigenvalue weighted by atomic mass is 9.99. The van der Waals surface area contributed by atoms with Crippen molar-refractivity contribution in [2.24, 2.45) is 0 Å². The van der Waals surface area contributed by atoms with Crippen LogP contribution < -0.4 is 5.32 Å². The molecule has 1 N–H and O–H groups in total. The van der Waals surface area contributed by atoms with Crippen molar-refractivity contribution in [1.82, 2.24) is 9.80 Å². The number of ether oxygens (including phenoxy) is 1. The fourth-order valence-electron chi connectivity index (χ4n) is 4.56. The van der Waals surface area contributed by atoms with Gasteiger partial charge < -0.3 is 15.0 Å². The Morgan fingerprint density at radius 1 is 0.794 bits per heavy atom. The van der Waals surface area contributed by atoms with Crippen molar-refractivity contribution in [3.8, 4) is 0 Å². The summed E-state index contributed by atoms with van der Waals surface area (Å²) in [5.74, 6) is -0.167. The van der Waals surface area contributed by atoms with Gasteiger partial charge in [-0.1, -0.05) is 36.4 Å². The molecule has 3 aromatic carbocycles. The fourth-order valence-corrected chi connectivity index (χ4v) is 4.56. The van der Waals surface area contributed by atoms with Gasteiger partial charge in [-0.2, -0.15) is 0 Å². The lowest BCUT2D eigenvalue weighted by Crippen LogP contribution is -2.40. The number of nitrogens with zero attached hydrogens (tertiary/aromatic N) is 2. The van der Waals surface area contributed by atoms with Gasteiger partial charge in [-0.25, -0.2) is 0 Å². The summed E-state index contributed by atoms with van der Waals surface area (Å²) < 4.78 is 5.30. The molecule has 1 saturated heterocycles. The molecule has 0 spiro atoms. The minimum Gasteiger partial charge on any atom is -0.378 e. The molecule has 1 fully saturated rings. The lowest BCUT2D eigenvalue weighted by Gasteiger charge is -2.28. The van der Waals surface area contributed by atoms with Crippen LogP contribution in [0.25, 0.3) is 0 Å². The molecule has 2 amide bonds. The summed E-state index contributed by atoms with van der Waals surface area (Å²) in [5.41, 5.74) is 5.94. The number of hydrogen-bond donors (Lipinski definition) is 1. The normalized spacial score (nSPS) is 16.1. The Kier molecular flexibility index (Phi) is 6.70. The van der Waals surface area contributed by atoms with E-state index in [9.17, 15) is 9.59 Å². The maximum absolute atomic E-state index is 12.7. The molecule has 6 heteroatoms. The number of hydrogen-bond acceptors (Lipinski definition) is 4. The van der Waals surface area contributed by atoms with Gasteiger partial charge >= 0.3 is 0 Å². The van der Waals surface area contributed by atoms with Crippen molar-refractivity contribution in [1.29, 1.82) is 0 Å². The quantitative estimate of drug-likeness (QED) is 0.633. The molecule has 0 saturated carbocycles. The average Bonchev–Trinajstić information content (AvgIpc) is 2.89. The number of anilines is 1. The third-order valence-electron chi connectivity index (χ3n) is 6.52. The van der Waals surface area contributed by atoms with E-state index in [1.54, 1.807) is 29.2 Å². The molecular formula is C28H29N3O3. The van der Waals surface area contributed by atoms with E-state index in [0.717, 1.165) is 26.1 Å². The second-order valence-corrected chi connectivity index (χ2v) is 8.86. The third kappa shape index (κ3) is 5.19. The van der Waals surface area contributed by atoms with Crippen LogP contribution in [0.15, 0.2) is 72.8 Å². The van der Waals surface area contributed by atoms with Gasteiger partial charge in [0.2, 0.25) is 0 Å². The maximum Gasteiger partial charge on any atom is 0.255 e. The number of benzene rings is 3. The Hall–Kier alpha value is -3.48. The summed E-state index contributed by atoms with van der Waals surface area (Å²) in [6.45, 7) is 5.24. The van der Waals surface area contributed by atoms with Crippen LogP contribution in [-0.2, 0) is 24.2 Å². The second kappa shape index (κ2) is 10.2. The highest BCUT2D eigenvalue weighted by Crippen LogP contribution is 2.21. The standard InChI is InChI=1S/C28H29N3O3/c32-27(29-26-11-9-24(10-12-26)28(33)31-15-17-34-18-16-31)23-7-5-21(6-8-23)19-30-14-13-22-3-1-2-4-25(22)20-30/h1-12H,13-20H2,(H,29,32). The molecule has 0 radical (unpaired) electrons. The van der Waals surface area contributed by atoms with E-state index in [0.29, 0.717) is 43.1 Å². The van der Waals surface area contributed by atoms with Crippen LogP contribution in [-0.4, -0.2) is 54.5 Å². The minimum absolute atomic E-state index is 0.00559. The number of carbonyl (C=O) groups is 2. The Morgan fingerprint density at radius 3 is 2.21 bits per heavy atom. The Labute approximate surface area is 200 Å². The van der Waals surface area contributed by atoms with Gasteiger partial charge in [0.05, 0.1) is 13.2 Å². The van der Waals surface area contributed by atoms with E-state index in [2.05, 4.69) is 34.5 Å². The van der Waals surface area contributed by atoms with Crippen molar-refractivity contribution in [3.05, 3.63) is 101 Å². The predicted octanol–water partition coefficient (Wildman–Crippen LogP) is 3.97. The largest absolute Gasteiger partial charge is 0.378 e. The molecule has 0 unspecified atom stereocenters. The molecule has 5 rings (SSSR count). The zero-order valence-corrected chi connectivity index (χ0v) is 19.2. The molecular weight excluding hydrogens is 426 g/mol. The van der Waals surface area contributed by atoms with Gasteiger partial charge in [0, 0.05) is 49.5 Å². The van der Waals surface area contributed by atoms with E-state index in [4.69, 9.17) is 4.74 Å². The first-order valence-electron chi connectivity index (χ1n) is 11.8. The van der Waals surface area contributed by atoms with Crippen molar-refractivity contribution in [2.45, 2.75) is 19.5 Å². The fraction of sp³-hybridized carbons (Fsp3) is 0.286. The monoisotopic (exact) mass is 455 g/mol. The first-order valence-corrected chi connectivity index (χ1v) is 11.8. The highest BCUT2D eigenvalue weighted by Gasteiger charge is 2.19. The summed E-state index contributed by atoms with van der Waals surface area (Å²) in [6.07, 6.45) is 1.08.